The fourth-order valence-electron chi connectivity index (χ4n) is 8.58. The van der Waals surface area contributed by atoms with Gasteiger partial charge >= 0.3 is 0 Å². The number of amides is 2. The van der Waals surface area contributed by atoms with Gasteiger partial charge in [-0.3, -0.25) is 19.2 Å². The third-order valence-corrected chi connectivity index (χ3v) is 13.0. The molecule has 1 saturated carbocycles. The van der Waals surface area contributed by atoms with Crippen LogP contribution in [-0.4, -0.2) is 95.2 Å². The largest absolute Gasteiger partial charge is 0.491 e. The Labute approximate surface area is 325 Å². The van der Waals surface area contributed by atoms with Gasteiger partial charge in [-0.1, -0.05) is 56.5 Å². The number of aliphatic hydroxyl groups is 1. The van der Waals surface area contributed by atoms with Crippen molar-refractivity contribution in [3.8, 4) is 5.75 Å². The molecule has 0 aromatic heterocycles. The Morgan fingerprint density at radius 1 is 1.08 bits per heavy atom. The number of fused-ring (bicyclic) bond motifs is 2. The number of nitrogens with zero attached hydrogens (tertiary/aromatic N) is 3. The first-order chi connectivity index (χ1) is 25.6. The van der Waals surface area contributed by atoms with Crippen LogP contribution in [0, 0.1) is 17.8 Å². The van der Waals surface area contributed by atoms with Crippen LogP contribution < -0.4 is 14.4 Å². The van der Waals surface area contributed by atoms with Crippen LogP contribution in [0.15, 0.2) is 48.6 Å². The molecule has 1 aliphatic carbocycles. The minimum Gasteiger partial charge on any atom is -0.491 e. The average Bonchev–Trinajstić information content (AvgIpc) is 3.32. The number of rotatable bonds is 13. The van der Waals surface area contributed by atoms with Crippen molar-refractivity contribution in [1.29, 1.82) is 0 Å². The predicted molar refractivity (Wildman–Crippen MR) is 216 cm³/mol. The summed E-state index contributed by atoms with van der Waals surface area (Å²) in [5.41, 5.74) is 3.90. The number of halogens is 1. The van der Waals surface area contributed by atoms with E-state index in [9.17, 15) is 13.8 Å². The van der Waals surface area contributed by atoms with Gasteiger partial charge in [-0.05, 0) is 118 Å². The van der Waals surface area contributed by atoms with Crippen molar-refractivity contribution in [2.45, 2.75) is 96.3 Å². The summed E-state index contributed by atoms with van der Waals surface area (Å²) in [5, 5.41) is 7.57. The summed E-state index contributed by atoms with van der Waals surface area (Å²) >= 11 is 6.48. The van der Waals surface area contributed by atoms with Crippen molar-refractivity contribution >= 4 is 40.1 Å². The number of hydrogen-bond acceptors (Lipinski definition) is 7. The van der Waals surface area contributed by atoms with Crippen molar-refractivity contribution in [3.05, 3.63) is 70.3 Å². The molecule has 2 N–H and O–H groups in total. The Morgan fingerprint density at radius 3 is 2.60 bits per heavy atom. The zero-order chi connectivity index (χ0) is 38.1. The topological polar surface area (TPSA) is 102 Å². The average molecular weight is 769 g/mol. The smallest absolute Gasteiger partial charge is 0.263 e. The molecule has 0 radical (unpaired) electrons. The minimum absolute atomic E-state index is 0.112. The molecule has 0 bridgehead atoms. The maximum absolute atomic E-state index is 13.4. The number of carbonyl (C=O) groups is 2. The van der Waals surface area contributed by atoms with Gasteiger partial charge in [-0.15, -0.1) is 0 Å². The van der Waals surface area contributed by atoms with E-state index in [0.717, 1.165) is 88.4 Å². The van der Waals surface area contributed by atoms with Gasteiger partial charge in [-0.25, -0.2) is 4.21 Å². The lowest BCUT2D eigenvalue weighted by atomic mass is 9.66. The first-order valence-corrected chi connectivity index (χ1v) is 21.4. The van der Waals surface area contributed by atoms with E-state index in [1.165, 1.54) is 30.4 Å². The van der Waals surface area contributed by atoms with Crippen LogP contribution in [0.5, 0.6) is 5.75 Å². The molecular weight excluding hydrogens is 708 g/mol. The maximum atomic E-state index is 13.4. The van der Waals surface area contributed by atoms with Gasteiger partial charge in [0.15, 0.2) is 0 Å². The highest BCUT2D eigenvalue weighted by Gasteiger charge is 2.41. The second kappa shape index (κ2) is 19.6. The molecule has 6 unspecified atom stereocenters. The van der Waals surface area contributed by atoms with Gasteiger partial charge in [-0.2, -0.15) is 0 Å². The summed E-state index contributed by atoms with van der Waals surface area (Å²) in [6.45, 7) is 13.4. The molecule has 3 heterocycles. The summed E-state index contributed by atoms with van der Waals surface area (Å²) in [7, 11) is -0.469. The van der Waals surface area contributed by atoms with E-state index in [0.29, 0.717) is 42.5 Å². The first kappa shape index (κ1) is 41.2. The highest BCUT2D eigenvalue weighted by Crippen LogP contribution is 2.45. The van der Waals surface area contributed by atoms with Crippen molar-refractivity contribution in [1.82, 2.24) is 14.5 Å². The fraction of sp³-hybridized carbons (Fsp3) is 0.619. The SMILES string of the molecule is CC/C=C/C(CN1CC2CCCCN2CC1=O)C1CCC1CN1CC(c2ccc(Cl)cc2CCC)COc2ccc(C(=O)NS(=O)C(C)C)cc21.CO. The summed E-state index contributed by atoms with van der Waals surface area (Å²) in [6.07, 6.45) is 13.5. The quantitative estimate of drug-likeness (QED) is 0.212. The molecule has 6 atom stereocenters. The van der Waals surface area contributed by atoms with Gasteiger partial charge in [0.25, 0.3) is 5.91 Å². The molecule has 2 aromatic carbocycles. The lowest BCUT2D eigenvalue weighted by Gasteiger charge is -2.48. The monoisotopic (exact) mass is 768 g/mol. The van der Waals surface area contributed by atoms with Crippen molar-refractivity contribution < 1.29 is 23.6 Å². The van der Waals surface area contributed by atoms with Gasteiger partial charge < -0.3 is 19.6 Å². The second-order valence-corrected chi connectivity index (χ2v) is 17.6. The van der Waals surface area contributed by atoms with Crippen LogP contribution in [-0.2, 0) is 22.2 Å². The molecule has 6 rings (SSSR count). The van der Waals surface area contributed by atoms with Gasteiger partial charge in [0, 0.05) is 61.1 Å². The van der Waals surface area contributed by atoms with Crippen molar-refractivity contribution in [3.63, 3.8) is 0 Å². The molecule has 0 spiro atoms. The van der Waals surface area contributed by atoms with E-state index in [-0.39, 0.29) is 23.0 Å². The Morgan fingerprint density at radius 2 is 1.89 bits per heavy atom. The van der Waals surface area contributed by atoms with Crippen LogP contribution >= 0.6 is 11.6 Å². The number of anilines is 1. The van der Waals surface area contributed by atoms with Crippen LogP contribution in [0.1, 0.15) is 100 Å². The molecule has 11 heteroatoms. The molecule has 2 saturated heterocycles. The number of carbonyl (C=O) groups excluding carboxylic acids is 2. The standard InChI is InChI=1S/C41H57ClN4O4S.CH4O/c1-5-7-11-31(23-46-25-35-12-8-9-19-44(35)26-40(46)47)37-16-13-32(37)22-45-24-33(36-17-15-34(42)20-29(36)10-6-2)27-50-39-18-14-30(21-38(39)45)41(48)43-51(49)28(3)4;1-2/h7,11,14-15,17-18,20-21,28,31-33,35,37H,5-6,8-10,12-13,16,19,22-27H2,1-4H3,(H,43,48);2H,1H3/b11-7+;. The molecule has 3 fully saturated rings. The van der Waals surface area contributed by atoms with E-state index >= 15 is 0 Å². The molecule has 53 heavy (non-hydrogen) atoms. The first-order valence-electron chi connectivity index (χ1n) is 19.8. The molecule has 3 aliphatic heterocycles. The van der Waals surface area contributed by atoms with Crippen molar-refractivity contribution in [2.75, 3.05) is 57.9 Å². The fourth-order valence-corrected chi connectivity index (χ4v) is 9.31. The number of allylic oxidation sites excluding steroid dienone is 1. The number of aliphatic hydroxyl groups excluding tert-OH is 1. The zero-order valence-corrected chi connectivity index (χ0v) is 34.0. The molecule has 9 nitrogen and oxygen atoms in total. The summed E-state index contributed by atoms with van der Waals surface area (Å²) < 4.78 is 21.8. The molecule has 2 amide bonds. The third-order valence-electron chi connectivity index (χ3n) is 11.5. The highest BCUT2D eigenvalue weighted by atomic mass is 35.5. The number of hydrogen-bond donors (Lipinski definition) is 2. The number of nitrogens with one attached hydrogen (secondary N) is 1. The van der Waals surface area contributed by atoms with E-state index in [4.69, 9.17) is 21.4 Å². The van der Waals surface area contributed by atoms with Gasteiger partial charge in [0.1, 0.15) is 16.7 Å². The maximum Gasteiger partial charge on any atom is 0.263 e. The minimum atomic E-state index is -1.47. The summed E-state index contributed by atoms with van der Waals surface area (Å²) in [4.78, 5) is 33.7. The lowest BCUT2D eigenvalue weighted by molar-refractivity contribution is -0.140. The van der Waals surface area contributed by atoms with E-state index < -0.39 is 11.0 Å². The van der Waals surface area contributed by atoms with Gasteiger partial charge in [0.2, 0.25) is 5.91 Å². The number of piperidine rings is 1. The van der Waals surface area contributed by atoms with E-state index in [1.54, 1.807) is 6.07 Å². The lowest BCUT2D eigenvalue weighted by Crippen LogP contribution is -2.58. The zero-order valence-electron chi connectivity index (χ0n) is 32.4. The summed E-state index contributed by atoms with van der Waals surface area (Å²) in [6, 6.07) is 12.3. The number of piperazine rings is 1. The van der Waals surface area contributed by atoms with E-state index in [1.807, 2.05) is 32.0 Å². The Balaban J connectivity index is 0.00000266. The van der Waals surface area contributed by atoms with Crippen LogP contribution in [0.4, 0.5) is 5.69 Å². The molecule has 292 valence electrons. The molecule has 4 aliphatic rings. The third kappa shape index (κ3) is 10.2. The number of benzene rings is 2. The second-order valence-electron chi connectivity index (χ2n) is 15.4. The highest BCUT2D eigenvalue weighted by molar-refractivity contribution is 7.84. The van der Waals surface area contributed by atoms with Crippen LogP contribution in [0.25, 0.3) is 0 Å². The number of aryl methyl sites for hydroxylation is 1. The normalized spacial score (nSPS) is 24.3. The summed E-state index contributed by atoms with van der Waals surface area (Å²) in [5.74, 6) is 2.00. The van der Waals surface area contributed by atoms with E-state index in [2.05, 4.69) is 57.6 Å². The Kier molecular flexibility index (Phi) is 15.3. The molecular formula is C42H61ClN4O5S. The predicted octanol–water partition coefficient (Wildman–Crippen LogP) is 6.99. The molecule has 2 aromatic rings. The van der Waals surface area contributed by atoms with Crippen molar-refractivity contribution in [2.24, 2.45) is 17.8 Å². The van der Waals surface area contributed by atoms with Crippen LogP contribution in [0.2, 0.25) is 5.02 Å². The Bertz CT molecular complexity index is 1600. The van der Waals surface area contributed by atoms with Crippen LogP contribution in [0.3, 0.4) is 0 Å². The van der Waals surface area contributed by atoms with Gasteiger partial charge in [0.05, 0.1) is 18.8 Å². The Hall–Kier alpha value is -2.92. The number of ether oxygens (including phenoxy) is 1.